The number of benzene rings is 1. The number of hydrogen-bond donors (Lipinski definition) is 0. The molecule has 0 aliphatic rings. The van der Waals surface area contributed by atoms with Gasteiger partial charge in [-0.25, -0.2) is 0 Å². The van der Waals surface area contributed by atoms with Gasteiger partial charge in [-0.05, 0) is 28.7 Å². The van der Waals surface area contributed by atoms with Crippen molar-refractivity contribution in [2.24, 2.45) is 0 Å². The van der Waals surface area contributed by atoms with E-state index >= 15 is 0 Å². The highest BCUT2D eigenvalue weighted by molar-refractivity contribution is 14.1. The summed E-state index contributed by atoms with van der Waals surface area (Å²) in [7, 11) is 0. The van der Waals surface area contributed by atoms with Crippen molar-refractivity contribution in [3.8, 4) is 10.6 Å². The third kappa shape index (κ3) is 1.85. The zero-order valence-corrected chi connectivity index (χ0v) is 12.1. The molecule has 17 heavy (non-hydrogen) atoms. The Morgan fingerprint density at radius 2 is 2.12 bits per heavy atom. The van der Waals surface area contributed by atoms with E-state index in [9.17, 15) is 0 Å². The molecule has 3 aromatic rings. The molecule has 0 amide bonds. The van der Waals surface area contributed by atoms with Gasteiger partial charge in [0.25, 0.3) is 0 Å². The lowest BCUT2D eigenvalue weighted by atomic mass is 10.2. The quantitative estimate of drug-likeness (QED) is 0.663. The van der Waals surface area contributed by atoms with Crippen LogP contribution in [0, 0.1) is 3.57 Å². The molecule has 0 aliphatic carbocycles. The number of rotatable bonds is 2. The van der Waals surface area contributed by atoms with Gasteiger partial charge in [0.1, 0.15) is 5.01 Å². The Balaban J connectivity index is 2.19. The van der Waals surface area contributed by atoms with Crippen molar-refractivity contribution >= 4 is 38.9 Å². The number of aryl methyl sites for hydroxylation is 1. The maximum Gasteiger partial charge on any atom is 0.234 e. The minimum atomic E-state index is 0.843. The Bertz CT molecular complexity index is 673. The van der Waals surface area contributed by atoms with E-state index in [0.717, 1.165) is 27.8 Å². The highest BCUT2D eigenvalue weighted by Crippen LogP contribution is 2.29. The summed E-state index contributed by atoms with van der Waals surface area (Å²) in [6.45, 7) is 2.06. The predicted octanol–water partition coefficient (Wildman–Crippen LogP) is 3.02. The Hall–Kier alpha value is -1.02. The summed E-state index contributed by atoms with van der Waals surface area (Å²) in [6.07, 6.45) is 0.843. The van der Waals surface area contributed by atoms with Crippen molar-refractivity contribution in [2.75, 3.05) is 0 Å². The smallest absolute Gasteiger partial charge is 0.187 e. The third-order valence-corrected chi connectivity index (χ3v) is 4.35. The molecule has 0 atom stereocenters. The fourth-order valence-electron chi connectivity index (χ4n) is 1.62. The molecule has 3 rings (SSSR count). The first-order valence-corrected chi connectivity index (χ1v) is 7.15. The molecule has 6 heteroatoms. The van der Waals surface area contributed by atoms with Crippen LogP contribution in [0.15, 0.2) is 24.3 Å². The molecule has 0 spiro atoms. The summed E-state index contributed by atoms with van der Waals surface area (Å²) in [5.41, 5.74) is 1.16. The largest absolute Gasteiger partial charge is 0.234 e. The zero-order chi connectivity index (χ0) is 11.8. The maximum atomic E-state index is 4.58. The van der Waals surface area contributed by atoms with E-state index in [-0.39, 0.29) is 0 Å². The Morgan fingerprint density at radius 1 is 1.29 bits per heavy atom. The van der Waals surface area contributed by atoms with Crippen molar-refractivity contribution in [3.05, 3.63) is 33.7 Å². The Labute approximate surface area is 116 Å². The molecule has 0 radical (unpaired) electrons. The minimum absolute atomic E-state index is 0.843. The van der Waals surface area contributed by atoms with Gasteiger partial charge in [-0.1, -0.05) is 36.5 Å². The van der Waals surface area contributed by atoms with Gasteiger partial charge in [0, 0.05) is 15.6 Å². The van der Waals surface area contributed by atoms with E-state index in [1.165, 1.54) is 3.57 Å². The van der Waals surface area contributed by atoms with Crippen molar-refractivity contribution in [3.63, 3.8) is 0 Å². The molecule has 0 unspecified atom stereocenters. The molecule has 0 N–H and O–H groups in total. The minimum Gasteiger partial charge on any atom is -0.187 e. The van der Waals surface area contributed by atoms with Gasteiger partial charge in [-0.3, -0.25) is 0 Å². The second-order valence-corrected chi connectivity index (χ2v) is 5.67. The molecular formula is C11H9IN4S. The summed E-state index contributed by atoms with van der Waals surface area (Å²) >= 11 is 3.90. The first-order chi connectivity index (χ1) is 8.29. The first kappa shape index (κ1) is 11.1. The van der Waals surface area contributed by atoms with Gasteiger partial charge in [-0.2, -0.15) is 9.61 Å². The fraction of sp³-hybridized carbons (Fsp3) is 0.182. The van der Waals surface area contributed by atoms with Crippen molar-refractivity contribution in [1.82, 2.24) is 19.8 Å². The van der Waals surface area contributed by atoms with Crippen LogP contribution in [0.25, 0.3) is 15.5 Å². The highest BCUT2D eigenvalue weighted by atomic mass is 127. The molecule has 0 saturated heterocycles. The van der Waals surface area contributed by atoms with Gasteiger partial charge in [0.05, 0.1) is 0 Å². The van der Waals surface area contributed by atoms with Crippen LogP contribution < -0.4 is 0 Å². The van der Waals surface area contributed by atoms with Crippen molar-refractivity contribution < 1.29 is 0 Å². The van der Waals surface area contributed by atoms with Gasteiger partial charge >= 0.3 is 0 Å². The van der Waals surface area contributed by atoms with Crippen LogP contribution in [0.4, 0.5) is 0 Å². The van der Waals surface area contributed by atoms with E-state index in [1.54, 1.807) is 11.3 Å². The average Bonchev–Trinajstić information content (AvgIpc) is 2.88. The van der Waals surface area contributed by atoms with E-state index < -0.39 is 0 Å². The standard InChI is InChI=1S/C11H9IN4S/c1-2-9-13-14-11-16(9)15-10(17-11)7-5-3-4-6-8(7)12/h3-6H,2H2,1H3. The fourth-order valence-corrected chi connectivity index (χ4v) is 3.34. The molecule has 86 valence electrons. The number of aromatic nitrogens is 4. The molecule has 0 saturated carbocycles. The highest BCUT2D eigenvalue weighted by Gasteiger charge is 2.12. The van der Waals surface area contributed by atoms with Crippen LogP contribution in [-0.4, -0.2) is 19.8 Å². The molecule has 0 aliphatic heterocycles. The molecular weight excluding hydrogens is 347 g/mol. The summed E-state index contributed by atoms with van der Waals surface area (Å²) < 4.78 is 3.04. The Morgan fingerprint density at radius 3 is 2.88 bits per heavy atom. The topological polar surface area (TPSA) is 43.1 Å². The molecule has 2 aromatic heterocycles. The monoisotopic (exact) mass is 356 g/mol. The van der Waals surface area contributed by atoms with E-state index in [4.69, 9.17) is 0 Å². The van der Waals surface area contributed by atoms with Gasteiger partial charge in [0.15, 0.2) is 5.82 Å². The van der Waals surface area contributed by atoms with Crippen LogP contribution in [0.2, 0.25) is 0 Å². The summed E-state index contributed by atoms with van der Waals surface area (Å²) in [5.74, 6) is 0.911. The second-order valence-electron chi connectivity index (χ2n) is 3.55. The lowest BCUT2D eigenvalue weighted by molar-refractivity contribution is 0.838. The third-order valence-electron chi connectivity index (χ3n) is 2.48. The van der Waals surface area contributed by atoms with E-state index in [1.807, 2.05) is 16.6 Å². The van der Waals surface area contributed by atoms with Gasteiger partial charge < -0.3 is 0 Å². The van der Waals surface area contributed by atoms with Crippen molar-refractivity contribution in [2.45, 2.75) is 13.3 Å². The van der Waals surface area contributed by atoms with Crippen molar-refractivity contribution in [1.29, 1.82) is 0 Å². The maximum absolute atomic E-state index is 4.58. The van der Waals surface area contributed by atoms with E-state index in [2.05, 4.69) is 56.9 Å². The second kappa shape index (κ2) is 4.34. The first-order valence-electron chi connectivity index (χ1n) is 5.25. The average molecular weight is 356 g/mol. The van der Waals surface area contributed by atoms with Crippen LogP contribution in [0.3, 0.4) is 0 Å². The predicted molar refractivity (Wildman–Crippen MR) is 76.2 cm³/mol. The van der Waals surface area contributed by atoms with Gasteiger partial charge in [-0.15, -0.1) is 10.2 Å². The lowest BCUT2D eigenvalue weighted by Gasteiger charge is -1.97. The summed E-state index contributed by atoms with van der Waals surface area (Å²) in [5, 5.41) is 13.8. The zero-order valence-electron chi connectivity index (χ0n) is 9.09. The van der Waals surface area contributed by atoms with Crippen LogP contribution in [0.1, 0.15) is 12.7 Å². The number of fused-ring (bicyclic) bond motifs is 1. The molecule has 4 nitrogen and oxygen atoms in total. The number of hydrogen-bond acceptors (Lipinski definition) is 4. The van der Waals surface area contributed by atoms with Crippen LogP contribution >= 0.6 is 33.9 Å². The number of halogens is 1. The normalized spacial score (nSPS) is 11.2. The van der Waals surface area contributed by atoms with Crippen LogP contribution in [0.5, 0.6) is 0 Å². The van der Waals surface area contributed by atoms with Gasteiger partial charge in [0.2, 0.25) is 4.96 Å². The lowest BCUT2D eigenvalue weighted by Crippen LogP contribution is -1.93. The molecule has 0 fully saturated rings. The Kier molecular flexibility index (Phi) is 2.83. The molecule has 1 aromatic carbocycles. The number of nitrogens with zero attached hydrogens (tertiary/aromatic N) is 4. The van der Waals surface area contributed by atoms with Crippen LogP contribution in [-0.2, 0) is 6.42 Å². The summed E-state index contributed by atoms with van der Waals surface area (Å²) in [6, 6.07) is 8.22. The summed E-state index contributed by atoms with van der Waals surface area (Å²) in [4.78, 5) is 0.858. The van der Waals surface area contributed by atoms with E-state index in [0.29, 0.717) is 0 Å². The SMILES string of the molecule is CCc1nnc2sc(-c3ccccc3I)nn12. The molecule has 2 heterocycles. The molecule has 0 bridgehead atoms.